The number of unbranched alkanes of at least 4 members (excludes halogenated alkanes) is 2. The van der Waals surface area contributed by atoms with Crippen molar-refractivity contribution in [3.05, 3.63) is 59.7 Å². The molecule has 0 aliphatic rings. The topological polar surface area (TPSA) is 35.5 Å². The molecule has 0 saturated heterocycles. The van der Waals surface area contributed by atoms with E-state index in [1.54, 1.807) is 6.92 Å². The van der Waals surface area contributed by atoms with E-state index in [9.17, 15) is 4.79 Å². The lowest BCUT2D eigenvalue weighted by Crippen LogP contribution is -2.24. The van der Waals surface area contributed by atoms with Crippen LogP contribution in [0.25, 0.3) is 11.1 Å². The number of hydrogen-bond acceptors (Lipinski definition) is 3. The van der Waals surface area contributed by atoms with E-state index >= 15 is 0 Å². The Bertz CT molecular complexity index is 689. The van der Waals surface area contributed by atoms with Gasteiger partial charge in [0.1, 0.15) is 6.10 Å². The summed E-state index contributed by atoms with van der Waals surface area (Å²) in [5.74, 6) is -0.327. The van der Waals surface area contributed by atoms with Gasteiger partial charge in [0.25, 0.3) is 0 Å². The minimum Gasteiger partial charge on any atom is -0.456 e. The molecule has 2 rings (SSSR count). The zero-order chi connectivity index (χ0) is 19.6. The first-order valence-corrected chi connectivity index (χ1v) is 10.1. The highest BCUT2D eigenvalue weighted by Gasteiger charge is 2.18. The van der Waals surface area contributed by atoms with Crippen molar-refractivity contribution in [3.8, 4) is 11.1 Å². The van der Waals surface area contributed by atoms with Gasteiger partial charge >= 0.3 is 5.97 Å². The van der Waals surface area contributed by atoms with Crippen LogP contribution in [0.5, 0.6) is 0 Å². The van der Waals surface area contributed by atoms with Crippen molar-refractivity contribution in [2.24, 2.45) is 0 Å². The average molecular weight is 369 g/mol. The monoisotopic (exact) mass is 368 g/mol. The van der Waals surface area contributed by atoms with E-state index in [2.05, 4.69) is 43.3 Å². The van der Waals surface area contributed by atoms with Gasteiger partial charge in [-0.15, -0.1) is 0 Å². The molecular formula is C24H32O3. The molecule has 3 heteroatoms. The molecule has 0 fully saturated rings. The van der Waals surface area contributed by atoms with Gasteiger partial charge in [0, 0.05) is 6.61 Å². The zero-order valence-electron chi connectivity index (χ0n) is 17.0. The van der Waals surface area contributed by atoms with Crippen molar-refractivity contribution < 1.29 is 14.3 Å². The van der Waals surface area contributed by atoms with Crippen LogP contribution >= 0.6 is 0 Å². The molecule has 27 heavy (non-hydrogen) atoms. The highest BCUT2D eigenvalue weighted by molar-refractivity contribution is 5.74. The number of esters is 1. The maximum Gasteiger partial charge on any atom is 0.335 e. The lowest BCUT2D eigenvalue weighted by Gasteiger charge is -2.17. The number of ether oxygens (including phenoxy) is 2. The first kappa shape index (κ1) is 21.2. The summed E-state index contributed by atoms with van der Waals surface area (Å²) in [5, 5.41) is 0. The minimum atomic E-state index is -0.535. The second kappa shape index (κ2) is 10.9. The Morgan fingerprint density at radius 3 is 2.04 bits per heavy atom. The van der Waals surface area contributed by atoms with E-state index in [0.717, 1.165) is 12.0 Å². The molecule has 0 amide bonds. The van der Waals surface area contributed by atoms with Gasteiger partial charge in [0.2, 0.25) is 0 Å². The number of carbonyl (C=O) groups excluding carboxylic acids is 1. The van der Waals surface area contributed by atoms with Gasteiger partial charge in [0.15, 0.2) is 6.10 Å². The van der Waals surface area contributed by atoms with Crippen LogP contribution < -0.4 is 0 Å². The van der Waals surface area contributed by atoms with Crippen molar-refractivity contribution >= 4 is 5.97 Å². The molecule has 2 atom stereocenters. The number of rotatable bonds is 10. The molecule has 0 N–H and O–H groups in total. The highest BCUT2D eigenvalue weighted by atomic mass is 16.6. The first-order chi connectivity index (χ1) is 13.0. The smallest absolute Gasteiger partial charge is 0.335 e. The van der Waals surface area contributed by atoms with Gasteiger partial charge in [-0.05, 0) is 55.9 Å². The van der Waals surface area contributed by atoms with Gasteiger partial charge in [-0.3, -0.25) is 0 Å². The van der Waals surface area contributed by atoms with Crippen molar-refractivity contribution in [2.75, 3.05) is 6.61 Å². The third kappa shape index (κ3) is 6.51. The largest absolute Gasteiger partial charge is 0.456 e. The van der Waals surface area contributed by atoms with Crippen molar-refractivity contribution in [3.63, 3.8) is 0 Å². The second-order valence-corrected chi connectivity index (χ2v) is 6.95. The molecule has 0 aliphatic heterocycles. The fourth-order valence-corrected chi connectivity index (χ4v) is 3.05. The maximum absolute atomic E-state index is 12.0. The molecule has 0 bridgehead atoms. The van der Waals surface area contributed by atoms with E-state index in [4.69, 9.17) is 9.47 Å². The summed E-state index contributed by atoms with van der Waals surface area (Å²) in [6.45, 7) is 8.19. The standard InChI is InChI=1S/C24H32O3/c1-5-7-8-9-20-10-12-22(13-11-20)23-16-14-21(15-17-23)18(3)27-24(25)19(4)26-6-2/h10-19H,5-9H2,1-4H3. The predicted octanol–water partition coefficient (Wildman–Crippen LogP) is 6.12. The first-order valence-electron chi connectivity index (χ1n) is 10.1. The van der Waals surface area contributed by atoms with Crippen LogP contribution in [-0.4, -0.2) is 18.7 Å². The molecule has 3 nitrogen and oxygen atoms in total. The van der Waals surface area contributed by atoms with Crippen LogP contribution in [0.4, 0.5) is 0 Å². The Morgan fingerprint density at radius 2 is 1.48 bits per heavy atom. The Balaban J connectivity index is 1.97. The van der Waals surface area contributed by atoms with Crippen LogP contribution in [0.2, 0.25) is 0 Å². The molecule has 2 aromatic carbocycles. The number of hydrogen-bond donors (Lipinski definition) is 0. The summed E-state index contributed by atoms with van der Waals surface area (Å²) < 4.78 is 10.8. The molecule has 146 valence electrons. The van der Waals surface area contributed by atoms with Crippen molar-refractivity contribution in [2.45, 2.75) is 65.6 Å². The fraction of sp³-hybridized carbons (Fsp3) is 0.458. The van der Waals surface area contributed by atoms with Gasteiger partial charge in [0.05, 0.1) is 0 Å². The summed E-state index contributed by atoms with van der Waals surface area (Å²) in [6, 6.07) is 17.0. The maximum atomic E-state index is 12.0. The Labute approximate surface area is 163 Å². The van der Waals surface area contributed by atoms with Crippen LogP contribution in [-0.2, 0) is 20.7 Å². The van der Waals surface area contributed by atoms with E-state index < -0.39 is 6.10 Å². The lowest BCUT2D eigenvalue weighted by molar-refractivity contribution is -0.160. The zero-order valence-corrected chi connectivity index (χ0v) is 17.0. The molecule has 0 aromatic heterocycles. The van der Waals surface area contributed by atoms with E-state index in [-0.39, 0.29) is 12.1 Å². The van der Waals surface area contributed by atoms with Crippen LogP contribution in [0.3, 0.4) is 0 Å². The Hall–Kier alpha value is -2.13. The van der Waals surface area contributed by atoms with Gasteiger partial charge < -0.3 is 9.47 Å². The summed E-state index contributed by atoms with van der Waals surface area (Å²) in [6.07, 6.45) is 4.11. The van der Waals surface area contributed by atoms with E-state index in [0.29, 0.717) is 6.61 Å². The lowest BCUT2D eigenvalue weighted by atomic mass is 9.99. The van der Waals surface area contributed by atoms with Gasteiger partial charge in [-0.25, -0.2) is 4.79 Å². The third-order valence-corrected chi connectivity index (χ3v) is 4.78. The molecule has 0 radical (unpaired) electrons. The summed E-state index contributed by atoms with van der Waals surface area (Å²) in [5.41, 5.74) is 4.75. The Morgan fingerprint density at radius 1 is 0.889 bits per heavy atom. The van der Waals surface area contributed by atoms with Crippen LogP contribution in [0, 0.1) is 0 Å². The molecule has 0 spiro atoms. The molecule has 2 aromatic rings. The molecule has 0 saturated carbocycles. The summed E-state index contributed by atoms with van der Waals surface area (Å²) in [7, 11) is 0. The molecule has 0 heterocycles. The van der Waals surface area contributed by atoms with Gasteiger partial charge in [-0.1, -0.05) is 68.3 Å². The summed E-state index contributed by atoms with van der Waals surface area (Å²) >= 11 is 0. The number of benzene rings is 2. The van der Waals surface area contributed by atoms with Crippen molar-refractivity contribution in [1.29, 1.82) is 0 Å². The predicted molar refractivity (Wildman–Crippen MR) is 111 cm³/mol. The van der Waals surface area contributed by atoms with Crippen LogP contribution in [0.15, 0.2) is 48.5 Å². The molecular weight excluding hydrogens is 336 g/mol. The second-order valence-electron chi connectivity index (χ2n) is 6.95. The van der Waals surface area contributed by atoms with Crippen LogP contribution in [0.1, 0.15) is 64.2 Å². The van der Waals surface area contributed by atoms with E-state index in [1.165, 1.54) is 36.0 Å². The Kier molecular flexibility index (Phi) is 8.53. The quantitative estimate of drug-likeness (QED) is 0.374. The highest BCUT2D eigenvalue weighted by Crippen LogP contribution is 2.24. The SMILES string of the molecule is CCCCCc1ccc(-c2ccc(C(C)OC(=O)C(C)OCC)cc2)cc1. The summed E-state index contributed by atoms with van der Waals surface area (Å²) in [4.78, 5) is 12.0. The molecule has 0 aliphatic carbocycles. The van der Waals surface area contributed by atoms with E-state index in [1.807, 2.05) is 26.0 Å². The number of carbonyl (C=O) groups is 1. The average Bonchev–Trinajstić information content (AvgIpc) is 2.69. The normalized spacial score (nSPS) is 13.2. The van der Waals surface area contributed by atoms with Crippen molar-refractivity contribution in [1.82, 2.24) is 0 Å². The molecule has 2 unspecified atom stereocenters. The van der Waals surface area contributed by atoms with Gasteiger partial charge in [-0.2, -0.15) is 0 Å². The third-order valence-electron chi connectivity index (χ3n) is 4.78. The number of aryl methyl sites for hydroxylation is 1. The minimum absolute atomic E-state index is 0.296. The fourth-order valence-electron chi connectivity index (χ4n) is 3.05.